The Hall–Kier alpha value is -2.54. The Morgan fingerprint density at radius 3 is 2.69 bits per heavy atom. The first-order valence-electron chi connectivity index (χ1n) is 8.44. The molecule has 1 aliphatic heterocycles. The van der Waals surface area contributed by atoms with Crippen LogP contribution in [0.1, 0.15) is 37.3 Å². The minimum absolute atomic E-state index is 0.246. The van der Waals surface area contributed by atoms with E-state index < -0.39 is 11.9 Å². The van der Waals surface area contributed by atoms with Crippen molar-refractivity contribution >= 4 is 23.5 Å². The molecule has 1 aliphatic rings. The van der Waals surface area contributed by atoms with Gasteiger partial charge in [-0.15, -0.1) is 0 Å². The third-order valence-electron chi connectivity index (χ3n) is 4.20. The van der Waals surface area contributed by atoms with Crippen LogP contribution in [0.4, 0.5) is 5.82 Å². The number of anilines is 1. The molecule has 0 amide bonds. The first-order chi connectivity index (χ1) is 12.6. The molecule has 0 aliphatic carbocycles. The van der Waals surface area contributed by atoms with Gasteiger partial charge in [-0.1, -0.05) is 49.0 Å². The number of esters is 1. The Balaban J connectivity index is 2.19. The number of nitrogens with zero attached hydrogens (tertiary/aromatic N) is 1. The van der Waals surface area contributed by atoms with E-state index in [4.69, 9.17) is 4.74 Å². The molecule has 136 valence electrons. The summed E-state index contributed by atoms with van der Waals surface area (Å²) in [7, 11) is 1.34. The molecule has 0 saturated heterocycles. The quantitative estimate of drug-likeness (QED) is 0.477. The minimum Gasteiger partial charge on any atom is -0.466 e. The molecule has 0 radical (unpaired) electrons. The van der Waals surface area contributed by atoms with E-state index in [0.29, 0.717) is 27.8 Å². The maximum Gasteiger partial charge on any atom is 0.336 e. The summed E-state index contributed by atoms with van der Waals surface area (Å²) in [5.41, 5.74) is 2.10. The van der Waals surface area contributed by atoms with Crippen LogP contribution in [0, 0.1) is 0 Å². The number of hydrogen-bond acceptors (Lipinski definition) is 6. The van der Waals surface area contributed by atoms with E-state index >= 15 is 0 Å². The summed E-state index contributed by atoms with van der Waals surface area (Å²) in [6.45, 7) is 3.87. The van der Waals surface area contributed by atoms with Crippen molar-refractivity contribution in [3.05, 3.63) is 63.1 Å². The van der Waals surface area contributed by atoms with E-state index in [1.807, 2.05) is 30.3 Å². The zero-order valence-corrected chi connectivity index (χ0v) is 15.8. The maximum absolute atomic E-state index is 12.9. The van der Waals surface area contributed by atoms with Crippen molar-refractivity contribution < 1.29 is 9.53 Å². The number of fused-ring (bicyclic) bond motifs is 1. The van der Waals surface area contributed by atoms with Gasteiger partial charge in [0.05, 0.1) is 24.2 Å². The molecule has 2 aromatic rings. The average Bonchev–Trinajstić information content (AvgIpc) is 2.65. The van der Waals surface area contributed by atoms with Crippen molar-refractivity contribution in [1.82, 2.24) is 9.97 Å². The normalized spacial score (nSPS) is 16.0. The topological polar surface area (TPSA) is 84.1 Å². The fourth-order valence-electron chi connectivity index (χ4n) is 3.06. The van der Waals surface area contributed by atoms with Crippen LogP contribution >= 0.6 is 11.8 Å². The summed E-state index contributed by atoms with van der Waals surface area (Å²) in [6.07, 6.45) is 0.983. The second kappa shape index (κ2) is 7.78. The van der Waals surface area contributed by atoms with Gasteiger partial charge in [0.15, 0.2) is 5.16 Å². The summed E-state index contributed by atoms with van der Waals surface area (Å²) in [5.74, 6) is 0.373. The SMILES string of the molecule is CCCSc1nc2c(c(=O)[nH]1)C(c1ccccc1)C(C(=O)OC)=C(C)N2. The number of H-pyrrole nitrogens is 1. The van der Waals surface area contributed by atoms with Gasteiger partial charge in [0.25, 0.3) is 5.56 Å². The Kier molecular flexibility index (Phi) is 5.46. The van der Waals surface area contributed by atoms with E-state index in [9.17, 15) is 9.59 Å². The van der Waals surface area contributed by atoms with Gasteiger partial charge in [0.2, 0.25) is 0 Å². The highest BCUT2D eigenvalue weighted by molar-refractivity contribution is 7.99. The lowest BCUT2D eigenvalue weighted by Gasteiger charge is -2.28. The first-order valence-corrected chi connectivity index (χ1v) is 9.43. The largest absolute Gasteiger partial charge is 0.466 e. The number of hydrogen-bond donors (Lipinski definition) is 2. The van der Waals surface area contributed by atoms with E-state index in [-0.39, 0.29) is 5.56 Å². The van der Waals surface area contributed by atoms with Crippen LogP contribution in [-0.2, 0) is 9.53 Å². The third-order valence-corrected chi connectivity index (χ3v) is 5.28. The molecule has 0 spiro atoms. The molecule has 2 N–H and O–H groups in total. The number of aromatic nitrogens is 2. The van der Waals surface area contributed by atoms with E-state index in [1.165, 1.54) is 18.9 Å². The van der Waals surface area contributed by atoms with Crippen molar-refractivity contribution in [2.75, 3.05) is 18.2 Å². The van der Waals surface area contributed by atoms with Crippen LogP contribution in [0.3, 0.4) is 0 Å². The molecule has 6 nitrogen and oxygen atoms in total. The zero-order valence-electron chi connectivity index (χ0n) is 15.0. The Labute approximate surface area is 156 Å². The molecule has 1 aromatic carbocycles. The lowest BCUT2D eigenvalue weighted by atomic mass is 9.82. The fraction of sp³-hybridized carbons (Fsp3) is 0.316. The van der Waals surface area contributed by atoms with E-state index in [0.717, 1.165) is 17.7 Å². The number of benzene rings is 1. The minimum atomic E-state index is -0.527. The molecule has 26 heavy (non-hydrogen) atoms. The molecule has 2 heterocycles. The Bertz CT molecular complexity index is 906. The summed E-state index contributed by atoms with van der Waals surface area (Å²) in [5, 5.41) is 3.69. The summed E-state index contributed by atoms with van der Waals surface area (Å²) < 4.78 is 4.97. The lowest BCUT2D eigenvalue weighted by Crippen LogP contribution is -2.30. The molecule has 0 saturated carbocycles. The van der Waals surface area contributed by atoms with Gasteiger partial charge in [0, 0.05) is 11.4 Å². The highest BCUT2D eigenvalue weighted by atomic mass is 32.2. The molecule has 7 heteroatoms. The molecular weight excluding hydrogens is 350 g/mol. The maximum atomic E-state index is 12.9. The number of nitrogens with one attached hydrogen (secondary N) is 2. The summed E-state index contributed by atoms with van der Waals surface area (Å²) >= 11 is 1.50. The molecule has 0 fully saturated rings. The predicted molar refractivity (Wildman–Crippen MR) is 102 cm³/mol. The van der Waals surface area contributed by atoms with Gasteiger partial charge in [-0.05, 0) is 18.9 Å². The van der Waals surface area contributed by atoms with Gasteiger partial charge in [-0.25, -0.2) is 9.78 Å². The molecule has 0 bridgehead atoms. The number of allylic oxidation sites excluding steroid dienone is 1. The lowest BCUT2D eigenvalue weighted by molar-refractivity contribution is -0.136. The second-order valence-electron chi connectivity index (χ2n) is 5.98. The van der Waals surface area contributed by atoms with Crippen molar-refractivity contribution in [2.24, 2.45) is 0 Å². The number of rotatable bonds is 5. The predicted octanol–water partition coefficient (Wildman–Crippen LogP) is 3.28. The molecule has 1 atom stereocenters. The van der Waals surface area contributed by atoms with Crippen LogP contribution in [-0.4, -0.2) is 28.8 Å². The van der Waals surface area contributed by atoms with E-state index in [1.54, 1.807) is 6.92 Å². The number of carbonyl (C=O) groups excluding carboxylic acids is 1. The standard InChI is InChI=1S/C19H21N3O3S/c1-4-10-26-19-21-16-15(17(23)22-19)14(12-8-6-5-7-9-12)13(11(2)20-16)18(24)25-3/h5-9,14H,4,10H2,1-3H3,(H2,20,21,22,23). The van der Waals surface area contributed by atoms with Gasteiger partial charge in [-0.3, -0.25) is 4.79 Å². The monoisotopic (exact) mass is 371 g/mol. The number of ether oxygens (including phenoxy) is 1. The molecular formula is C19H21N3O3S. The zero-order chi connectivity index (χ0) is 18.7. The van der Waals surface area contributed by atoms with E-state index in [2.05, 4.69) is 22.2 Å². The van der Waals surface area contributed by atoms with Crippen LogP contribution < -0.4 is 10.9 Å². The van der Waals surface area contributed by atoms with Crippen molar-refractivity contribution in [3.8, 4) is 0 Å². The van der Waals surface area contributed by atoms with Crippen molar-refractivity contribution in [1.29, 1.82) is 0 Å². The first kappa shape index (κ1) is 18.3. The third kappa shape index (κ3) is 3.39. The molecule has 1 unspecified atom stereocenters. The molecule has 1 aromatic heterocycles. The average molecular weight is 371 g/mol. The smallest absolute Gasteiger partial charge is 0.336 e. The van der Waals surface area contributed by atoms with Gasteiger partial charge < -0.3 is 15.0 Å². The van der Waals surface area contributed by atoms with Gasteiger partial charge in [0.1, 0.15) is 5.82 Å². The summed E-state index contributed by atoms with van der Waals surface area (Å²) in [6, 6.07) is 9.46. The second-order valence-corrected chi connectivity index (χ2v) is 7.06. The van der Waals surface area contributed by atoms with Crippen molar-refractivity contribution in [3.63, 3.8) is 0 Å². The summed E-state index contributed by atoms with van der Waals surface area (Å²) in [4.78, 5) is 32.7. The van der Waals surface area contributed by atoms with Crippen LogP contribution in [0.5, 0.6) is 0 Å². The number of aromatic amines is 1. The van der Waals surface area contributed by atoms with Crippen molar-refractivity contribution in [2.45, 2.75) is 31.3 Å². The fourth-order valence-corrected chi connectivity index (χ4v) is 3.78. The molecule has 3 rings (SSSR count). The number of carbonyl (C=O) groups is 1. The Morgan fingerprint density at radius 2 is 2.04 bits per heavy atom. The van der Waals surface area contributed by atoms with Crippen LogP contribution in [0.25, 0.3) is 0 Å². The number of thioether (sulfide) groups is 1. The highest BCUT2D eigenvalue weighted by Gasteiger charge is 2.36. The van der Waals surface area contributed by atoms with Crippen LogP contribution in [0.15, 0.2) is 51.6 Å². The van der Waals surface area contributed by atoms with Gasteiger partial charge in [-0.2, -0.15) is 0 Å². The Morgan fingerprint density at radius 1 is 1.31 bits per heavy atom. The van der Waals surface area contributed by atoms with Gasteiger partial charge >= 0.3 is 5.97 Å². The highest BCUT2D eigenvalue weighted by Crippen LogP contribution is 2.39. The number of methoxy groups -OCH3 is 1. The van der Waals surface area contributed by atoms with Crippen LogP contribution in [0.2, 0.25) is 0 Å².